The molecule has 794 valence electrons. The minimum atomic E-state index is -5.08. The summed E-state index contributed by atoms with van der Waals surface area (Å²) in [6.07, 6.45) is -21.4. The Balaban J connectivity index is 0.605. The second-order valence-electron chi connectivity index (χ2n) is 33.8. The maximum absolute atomic E-state index is 15.0. The number of ether oxygens (including phenoxy) is 7. The number of imidazole rings is 2. The Labute approximate surface area is 850 Å². The first kappa shape index (κ1) is 111. The number of anilines is 4. The van der Waals surface area contributed by atoms with Crippen molar-refractivity contribution in [3.63, 3.8) is 0 Å². The maximum Gasteiger partial charge on any atom is 0.351 e. The number of H-pyrrole nitrogens is 4. The van der Waals surface area contributed by atoms with Crippen LogP contribution >= 0.6 is 47.1 Å². The second-order valence-corrected chi connectivity index (χ2v) is 52.9. The van der Waals surface area contributed by atoms with Crippen molar-refractivity contribution in [1.29, 1.82) is 0 Å². The average molecular weight is 2300 g/mol. The van der Waals surface area contributed by atoms with Gasteiger partial charge in [-0.2, -0.15) is 15.0 Å². The molecule has 16 heterocycles. The van der Waals surface area contributed by atoms with Gasteiger partial charge in [0.05, 0.1) is 101 Å². The van der Waals surface area contributed by atoms with Crippen LogP contribution in [0.5, 0.6) is 0 Å². The van der Waals surface area contributed by atoms with E-state index in [-0.39, 0.29) is 94.5 Å². The van der Waals surface area contributed by atoms with Gasteiger partial charge in [0.25, 0.3) is 22.2 Å². The van der Waals surface area contributed by atoms with E-state index >= 15 is 0 Å². The van der Waals surface area contributed by atoms with Crippen molar-refractivity contribution >= 4 is 176 Å². The van der Waals surface area contributed by atoms with Crippen LogP contribution in [-0.2, 0) is 184 Å². The molecule has 7 saturated heterocycles. The number of nitrogens with one attached hydrogen (secondary N) is 4. The number of hydrogen-bond acceptors (Lipinski definition) is 55. The molecule has 12 N–H and O–H groups in total. The van der Waals surface area contributed by atoms with Crippen LogP contribution in [0, 0.1) is 34.6 Å². The molecule has 59 nitrogen and oxygen atoms in total. The SMILES string of the molecule is CC[C@H]1O[C@@H](n2cnc3c(=O)[nH]c(N)nc32)C[C@H]1OP([O-])(=S)OC[C@H]1O[C@@H](n2cc(C)c(=O)[nH]c2=O)C[C@H]1OP(=O)([S-])OC[C@H]1O[C@@H](n2cc(C)c(=O)[nH]c2=O)C[C@H]1OP([O-])(=S)OC[C@H]1O[C@@H](n2cc(C)c(=O)[nH]c2=O)C[C@H]1OP([O-])(=S)OC[C@H]1O[C@@H](n2cnc3c(N)ncnc32)C[C@H]1OP([O-])(=S)OC[C@H]1O[C@@H](n2cc(C)c(N)nc2=O)C[C@H]1OP([O-])(=S)OC[C@H]1O[C@@H](n2cc(C)c(N)nc2=O)C[C@H]1OP([O-])(=S)OC. The molecular formula is C72H90N22O37P7S7-7. The summed E-state index contributed by atoms with van der Waals surface area (Å²) in [5, 5.41) is 0. The molecule has 7 fully saturated rings. The largest absolute Gasteiger partial charge is 0.780 e. The van der Waals surface area contributed by atoms with E-state index in [0.717, 1.165) is 48.7 Å². The Morgan fingerprint density at radius 3 is 1.00 bits per heavy atom. The van der Waals surface area contributed by atoms with Crippen molar-refractivity contribution in [2.45, 2.75) is 222 Å². The van der Waals surface area contributed by atoms with Crippen LogP contribution in [0.4, 0.5) is 23.4 Å². The molecule has 73 heteroatoms. The van der Waals surface area contributed by atoms with Crippen molar-refractivity contribution in [2.75, 3.05) is 69.7 Å². The van der Waals surface area contributed by atoms with Crippen molar-refractivity contribution in [1.82, 2.24) is 86.8 Å². The summed E-state index contributed by atoms with van der Waals surface area (Å²) in [5.41, 5.74) is 17.1. The predicted octanol–water partition coefficient (Wildman–Crippen LogP) is -2.98. The van der Waals surface area contributed by atoms with Crippen molar-refractivity contribution in [3.05, 3.63) is 172 Å². The van der Waals surface area contributed by atoms with Gasteiger partial charge in [0.2, 0.25) is 5.95 Å². The number of hydrogen-bond donors (Lipinski definition) is 8. The first-order valence-corrected chi connectivity index (χ1v) is 61.3. The zero-order chi connectivity index (χ0) is 105. The highest BCUT2D eigenvalue weighted by Crippen LogP contribution is 2.57. The average Bonchev–Trinajstić information content (AvgIpc) is 1.63. The first-order chi connectivity index (χ1) is 68.2. The lowest BCUT2D eigenvalue weighted by molar-refractivity contribution is -0.221. The van der Waals surface area contributed by atoms with Gasteiger partial charge >= 0.3 is 28.4 Å². The molecule has 0 amide bonds. The third kappa shape index (κ3) is 26.3. The van der Waals surface area contributed by atoms with E-state index in [4.69, 9.17) is 203 Å². The predicted molar refractivity (Wildman–Crippen MR) is 513 cm³/mol. The van der Waals surface area contributed by atoms with Crippen LogP contribution < -0.4 is 103 Å². The monoisotopic (exact) mass is 2300 g/mol. The van der Waals surface area contributed by atoms with Gasteiger partial charge in [-0.05, 0) is 41.0 Å². The Hall–Kier alpha value is -6.70. The Kier molecular flexibility index (Phi) is 34.1. The third-order valence-corrected chi connectivity index (χ3v) is 35.0. The fraction of sp³-hybridized carbons (Fsp3) is 0.583. The molecule has 9 aromatic rings. The minimum absolute atomic E-state index is 0.00150. The Bertz CT molecular complexity index is 7390. The molecule has 0 saturated carbocycles. The van der Waals surface area contributed by atoms with E-state index in [1.807, 2.05) is 0 Å². The summed E-state index contributed by atoms with van der Waals surface area (Å²) in [6, 6.07) is 0. The molecule has 7 unspecified atom stereocenters. The van der Waals surface area contributed by atoms with Gasteiger partial charge in [-0.15, -0.1) is 0 Å². The van der Waals surface area contributed by atoms with Crippen LogP contribution in [-0.4, -0.2) is 219 Å². The van der Waals surface area contributed by atoms with Gasteiger partial charge in [0.1, 0.15) is 144 Å². The number of nitrogens with zero attached hydrogens (tertiary/aromatic N) is 14. The molecule has 0 bridgehead atoms. The highest BCUT2D eigenvalue weighted by atomic mass is 32.7. The van der Waals surface area contributed by atoms with Gasteiger partial charge in [-0.1, -0.05) is 77.8 Å². The standard InChI is InChI=1S/C72H97N22O37P7S7/c1-8-35-36(9-55(118-35)94-29-80-57-62(94)83-67(76)84-66(57)98)126-133(105,140)112-22-45-39(12-51(121-45)90-18-32(4)63(95)85-70(90)101)128-135(107,142)114-24-46-40(13-52(122-46)91-19-33(5)64(96)86-71(91)102)129-136(108,143)115-25-47-41(14-53(123-47)92-20-34(6)65(97)87-72(92)103)130-137(109,144)117-26-48-42(15-54(124-48)93-28-79-56-60(75)77-27-78-61(56)93)131-138(110,145)116-23-44-38(11-50(120-44)89-17-31(3)59(74)82-69(89)100)127-134(106,141)113-21-43-37(125-132(104,139)111-7)10-49(119-43)88-16-30(2)58(73)81-68(88)99/h16-20,27-29,35-55H,8-15,21-26H2,1-7H3,(H,104,139)(H,105,140)(H,106,141)(H,107,142)(H,108,143)(H,109,144)(H,110,145)(H2,73,81,99)(H2,74,82,100)(H2,75,77,78)(H,85,95,101)(H,86,96,102)(H,87,97,103)(H3,76,83,84,98)/p-7/t35-,36-,37-,38-,39-,40-,41-,42-,43-,44-,45-,46-,47-,48-,49-,50-,51-,52-,53-,54-,55-,132?,133?,134?,135?,136?,137?,138?/m1/s1. The molecule has 16 rings (SSSR count). The second kappa shape index (κ2) is 44.5. The molecule has 0 radical (unpaired) electrons. The van der Waals surface area contributed by atoms with E-state index in [0.29, 0.717) is 11.1 Å². The minimum Gasteiger partial charge on any atom is -0.780 e. The van der Waals surface area contributed by atoms with Crippen LogP contribution in [0.3, 0.4) is 0 Å². The van der Waals surface area contributed by atoms with Crippen molar-refractivity contribution < 1.29 is 130 Å². The number of rotatable bonds is 41. The van der Waals surface area contributed by atoms with Crippen LogP contribution in [0.1, 0.15) is 130 Å². The molecule has 9 aromatic heterocycles. The van der Waals surface area contributed by atoms with Crippen LogP contribution in [0.2, 0.25) is 0 Å². The van der Waals surface area contributed by atoms with Gasteiger partial charge in [0.15, 0.2) is 29.4 Å². The fourth-order valence-electron chi connectivity index (χ4n) is 16.7. The molecule has 7 aliphatic heterocycles. The number of aromatic amines is 4. The smallest absolute Gasteiger partial charge is 0.351 e. The van der Waals surface area contributed by atoms with Gasteiger partial charge < -0.3 is 161 Å². The molecule has 28 atom stereocenters. The summed E-state index contributed by atoms with van der Waals surface area (Å²) < 4.78 is 148. The highest BCUT2D eigenvalue weighted by molar-refractivity contribution is 8.32. The first-order valence-electron chi connectivity index (χ1n) is 43.4. The lowest BCUT2D eigenvalue weighted by Crippen LogP contribution is -2.34. The van der Waals surface area contributed by atoms with Gasteiger partial charge in [-0.25, -0.2) is 43.9 Å². The van der Waals surface area contributed by atoms with Crippen molar-refractivity contribution in [2.24, 2.45) is 0 Å². The topological polar surface area (TPSA) is 795 Å². The third-order valence-electron chi connectivity index (χ3n) is 23.9. The summed E-state index contributed by atoms with van der Waals surface area (Å²) in [5.74, 6) is -0.454. The molecule has 0 aliphatic carbocycles. The number of fused-ring (bicyclic) bond motifs is 2. The molecule has 7 aliphatic rings. The summed E-state index contributed by atoms with van der Waals surface area (Å²) in [6.45, 7) is -30.0. The number of nitrogen functional groups attached to an aromatic ring is 4. The van der Waals surface area contributed by atoms with E-state index in [1.165, 1.54) is 68.1 Å². The zero-order valence-corrected chi connectivity index (χ0v) is 88.3. The number of aromatic nitrogens is 18. The molecule has 145 heavy (non-hydrogen) atoms. The summed E-state index contributed by atoms with van der Waals surface area (Å²) in [7, 11) is 1.03. The normalized spacial score (nSPS) is 29.5. The Morgan fingerprint density at radius 1 is 0.366 bits per heavy atom. The lowest BCUT2D eigenvalue weighted by atomic mass is 10.1. The van der Waals surface area contributed by atoms with E-state index in [9.17, 15) is 77.1 Å². The maximum atomic E-state index is 15.0. The summed E-state index contributed by atoms with van der Waals surface area (Å²) in [4.78, 5) is 242. The van der Waals surface area contributed by atoms with Gasteiger partial charge in [0, 0.05) is 111 Å². The van der Waals surface area contributed by atoms with E-state index in [2.05, 4.69) is 54.8 Å². The van der Waals surface area contributed by atoms with Crippen molar-refractivity contribution in [3.8, 4) is 0 Å². The van der Waals surface area contributed by atoms with Gasteiger partial charge in [-0.3, -0.25) is 75.6 Å². The van der Waals surface area contributed by atoms with Crippen LogP contribution in [0.15, 0.2) is 93.1 Å². The quantitative estimate of drug-likeness (QED) is 0.0140. The summed E-state index contributed by atoms with van der Waals surface area (Å²) >= 11 is 37.9. The lowest BCUT2D eigenvalue weighted by Gasteiger charge is -2.36. The number of nitrogens with two attached hydrogens (primary N) is 4. The number of aryl methyl sites for hydroxylation is 5. The Morgan fingerprint density at radius 2 is 0.655 bits per heavy atom. The van der Waals surface area contributed by atoms with Crippen LogP contribution in [0.25, 0.3) is 22.3 Å². The van der Waals surface area contributed by atoms with E-state index < -0.39 is 286 Å². The van der Waals surface area contributed by atoms with E-state index in [1.54, 1.807) is 13.8 Å². The molecule has 0 aromatic carbocycles. The zero-order valence-electron chi connectivity index (χ0n) is 76.3. The fourth-order valence-corrected chi connectivity index (χ4v) is 26.4. The molecular weight excluding hydrogens is 2210 g/mol. The highest BCUT2D eigenvalue weighted by Gasteiger charge is 2.49. The molecule has 0 spiro atoms.